The van der Waals surface area contributed by atoms with E-state index in [1.165, 1.54) is 19.0 Å². The van der Waals surface area contributed by atoms with Gasteiger partial charge in [-0.05, 0) is 53.8 Å². The van der Waals surface area contributed by atoms with Crippen LogP contribution in [0.2, 0.25) is 0 Å². The highest BCUT2D eigenvalue weighted by Crippen LogP contribution is 2.35. The summed E-state index contributed by atoms with van der Waals surface area (Å²) in [4.78, 5) is 6.21. The molecule has 118 valence electrons. The fourth-order valence-electron chi connectivity index (χ4n) is 2.54. The molecule has 0 spiro atoms. The molecule has 1 unspecified atom stereocenters. The maximum absolute atomic E-state index is 13.0. The molecule has 2 rings (SSSR count). The van der Waals surface area contributed by atoms with E-state index in [1.54, 1.807) is 0 Å². The van der Waals surface area contributed by atoms with Gasteiger partial charge < -0.3 is 10.2 Å². The number of likely N-dealkylation sites (tertiary alicyclic amines) is 1. The van der Waals surface area contributed by atoms with Gasteiger partial charge in [-0.2, -0.15) is 13.2 Å². The van der Waals surface area contributed by atoms with Crippen molar-refractivity contribution in [1.29, 1.82) is 0 Å². The number of nitrogens with zero attached hydrogens (tertiary/aromatic N) is 2. The van der Waals surface area contributed by atoms with Crippen molar-refractivity contribution in [2.45, 2.75) is 25.9 Å². The highest BCUT2D eigenvalue weighted by Gasteiger charge is 2.34. The van der Waals surface area contributed by atoms with E-state index >= 15 is 0 Å². The third-order valence-corrected chi connectivity index (χ3v) is 3.98. The van der Waals surface area contributed by atoms with E-state index in [1.807, 2.05) is 6.92 Å². The summed E-state index contributed by atoms with van der Waals surface area (Å²) < 4.78 is 39.2. The minimum atomic E-state index is -4.41. The van der Waals surface area contributed by atoms with Crippen molar-refractivity contribution >= 4 is 21.7 Å². The predicted octanol–water partition coefficient (Wildman–Crippen LogP) is 4.01. The third-order valence-electron chi connectivity index (χ3n) is 3.55. The smallest absolute Gasteiger partial charge is 0.369 e. The lowest BCUT2D eigenvalue weighted by molar-refractivity contribution is -0.137. The first-order chi connectivity index (χ1) is 9.86. The lowest BCUT2D eigenvalue weighted by Gasteiger charge is -2.21. The molecule has 1 aromatic rings. The van der Waals surface area contributed by atoms with Gasteiger partial charge in [0.2, 0.25) is 0 Å². The topological polar surface area (TPSA) is 28.2 Å². The normalized spacial score (nSPS) is 18.0. The van der Waals surface area contributed by atoms with E-state index in [4.69, 9.17) is 0 Å². The molecule has 1 aliphatic heterocycles. The molecule has 1 saturated heterocycles. The SMILES string of the molecule is CC(CNc1ncc(Br)cc1C(F)(F)F)CN1CCCC1. The summed E-state index contributed by atoms with van der Waals surface area (Å²) in [5.41, 5.74) is -0.731. The Morgan fingerprint density at radius 2 is 2.05 bits per heavy atom. The minimum Gasteiger partial charge on any atom is -0.369 e. The number of aromatic nitrogens is 1. The van der Waals surface area contributed by atoms with E-state index in [9.17, 15) is 13.2 Å². The summed E-state index contributed by atoms with van der Waals surface area (Å²) in [5.74, 6) is 0.175. The molecule has 0 amide bonds. The molecule has 1 atom stereocenters. The zero-order valence-corrected chi connectivity index (χ0v) is 13.5. The predicted molar refractivity (Wildman–Crippen MR) is 80.3 cm³/mol. The van der Waals surface area contributed by atoms with Gasteiger partial charge in [-0.1, -0.05) is 6.92 Å². The summed E-state index contributed by atoms with van der Waals surface area (Å²) in [7, 11) is 0. The van der Waals surface area contributed by atoms with Crippen molar-refractivity contribution < 1.29 is 13.2 Å². The summed E-state index contributed by atoms with van der Waals surface area (Å²) in [6, 6.07) is 1.06. The maximum atomic E-state index is 13.0. The van der Waals surface area contributed by atoms with Crippen molar-refractivity contribution in [3.05, 3.63) is 22.3 Å². The monoisotopic (exact) mass is 365 g/mol. The summed E-state index contributed by atoms with van der Waals surface area (Å²) in [6.07, 6.45) is -0.598. The Morgan fingerprint density at radius 1 is 1.38 bits per heavy atom. The van der Waals surface area contributed by atoms with E-state index in [2.05, 4.69) is 31.1 Å². The van der Waals surface area contributed by atoms with Crippen molar-refractivity contribution in [1.82, 2.24) is 9.88 Å². The van der Waals surface area contributed by atoms with Crippen LogP contribution in [0.4, 0.5) is 19.0 Å². The number of halogens is 4. The Morgan fingerprint density at radius 3 is 2.67 bits per heavy atom. The molecular formula is C14H19BrF3N3. The number of anilines is 1. The zero-order valence-electron chi connectivity index (χ0n) is 11.9. The zero-order chi connectivity index (χ0) is 15.5. The average molecular weight is 366 g/mol. The molecule has 1 N–H and O–H groups in total. The molecule has 1 fully saturated rings. The molecule has 7 heteroatoms. The van der Waals surface area contributed by atoms with Gasteiger partial charge in [0.15, 0.2) is 0 Å². The molecule has 1 aliphatic rings. The van der Waals surface area contributed by atoms with E-state index in [0.717, 1.165) is 25.7 Å². The summed E-state index contributed by atoms with van der Waals surface area (Å²) in [6.45, 7) is 5.61. The largest absolute Gasteiger partial charge is 0.419 e. The van der Waals surface area contributed by atoms with Crippen LogP contribution in [0.25, 0.3) is 0 Å². The molecule has 21 heavy (non-hydrogen) atoms. The number of hydrogen-bond acceptors (Lipinski definition) is 3. The molecular weight excluding hydrogens is 347 g/mol. The number of hydrogen-bond donors (Lipinski definition) is 1. The van der Waals surface area contributed by atoms with Gasteiger partial charge in [-0.25, -0.2) is 4.98 Å². The van der Waals surface area contributed by atoms with Crippen LogP contribution in [-0.2, 0) is 6.18 Å². The second-order valence-corrected chi connectivity index (χ2v) is 6.46. The van der Waals surface area contributed by atoms with Crippen molar-refractivity contribution in [2.75, 3.05) is 31.5 Å². The average Bonchev–Trinajstić information content (AvgIpc) is 2.89. The molecule has 0 aliphatic carbocycles. The van der Waals surface area contributed by atoms with Gasteiger partial charge in [-0.3, -0.25) is 0 Å². The van der Waals surface area contributed by atoms with Gasteiger partial charge in [0.1, 0.15) is 5.82 Å². The molecule has 0 bridgehead atoms. The van der Waals surface area contributed by atoms with Crippen LogP contribution in [0.3, 0.4) is 0 Å². The summed E-state index contributed by atoms with van der Waals surface area (Å²) in [5, 5.41) is 2.84. The van der Waals surface area contributed by atoms with E-state index in [0.29, 0.717) is 11.0 Å². The fourth-order valence-corrected chi connectivity index (χ4v) is 2.87. The number of nitrogens with one attached hydrogen (secondary N) is 1. The maximum Gasteiger partial charge on any atom is 0.419 e. The molecule has 3 nitrogen and oxygen atoms in total. The minimum absolute atomic E-state index is 0.0982. The quantitative estimate of drug-likeness (QED) is 0.854. The van der Waals surface area contributed by atoms with Gasteiger partial charge in [-0.15, -0.1) is 0 Å². The van der Waals surface area contributed by atoms with E-state index in [-0.39, 0.29) is 11.7 Å². The van der Waals surface area contributed by atoms with Crippen LogP contribution >= 0.6 is 15.9 Å². The fraction of sp³-hybridized carbons (Fsp3) is 0.643. The number of rotatable bonds is 5. The first kappa shape index (κ1) is 16.5. The molecule has 0 radical (unpaired) electrons. The van der Waals surface area contributed by atoms with Crippen LogP contribution in [0.1, 0.15) is 25.3 Å². The molecule has 0 saturated carbocycles. The van der Waals surface area contributed by atoms with Crippen LogP contribution < -0.4 is 5.32 Å². The first-order valence-corrected chi connectivity index (χ1v) is 7.84. The van der Waals surface area contributed by atoms with Crippen molar-refractivity contribution in [3.8, 4) is 0 Å². The second kappa shape index (κ2) is 6.96. The lowest BCUT2D eigenvalue weighted by Crippen LogP contribution is -2.29. The van der Waals surface area contributed by atoms with Crippen LogP contribution in [0.15, 0.2) is 16.7 Å². The van der Waals surface area contributed by atoms with Crippen molar-refractivity contribution in [2.24, 2.45) is 5.92 Å². The van der Waals surface area contributed by atoms with Crippen LogP contribution in [-0.4, -0.2) is 36.1 Å². The van der Waals surface area contributed by atoms with Gasteiger partial charge >= 0.3 is 6.18 Å². The molecule has 2 heterocycles. The van der Waals surface area contributed by atoms with Crippen molar-refractivity contribution in [3.63, 3.8) is 0 Å². The Hall–Kier alpha value is -0.820. The molecule has 1 aromatic heterocycles. The summed E-state index contributed by atoms with van der Waals surface area (Å²) >= 11 is 3.03. The first-order valence-electron chi connectivity index (χ1n) is 7.05. The van der Waals surface area contributed by atoms with Crippen LogP contribution in [0.5, 0.6) is 0 Å². The van der Waals surface area contributed by atoms with Gasteiger partial charge in [0.25, 0.3) is 0 Å². The standard InChI is InChI=1S/C14H19BrF3N3/c1-10(9-21-4-2-3-5-21)7-19-13-12(14(16,17)18)6-11(15)8-20-13/h6,8,10H,2-5,7,9H2,1H3,(H,19,20). The Bertz CT molecular complexity index is 473. The molecule has 0 aromatic carbocycles. The van der Waals surface area contributed by atoms with Gasteiger partial charge in [0.05, 0.1) is 5.56 Å². The highest BCUT2D eigenvalue weighted by atomic mass is 79.9. The Labute approximate surface area is 131 Å². The third kappa shape index (κ3) is 4.85. The highest BCUT2D eigenvalue weighted by molar-refractivity contribution is 9.10. The van der Waals surface area contributed by atoms with Gasteiger partial charge in [0, 0.05) is 23.8 Å². The number of alkyl halides is 3. The second-order valence-electron chi connectivity index (χ2n) is 5.54. The lowest BCUT2D eigenvalue weighted by atomic mass is 10.1. The van der Waals surface area contributed by atoms with E-state index < -0.39 is 11.7 Å². The Kier molecular flexibility index (Phi) is 5.48. The Balaban J connectivity index is 1.96. The van der Waals surface area contributed by atoms with Crippen LogP contribution in [0, 0.1) is 5.92 Å². The number of pyridine rings is 1.